The Morgan fingerprint density at radius 3 is 1.83 bits per heavy atom. The summed E-state index contributed by atoms with van der Waals surface area (Å²) in [5.74, 6) is -5.76. The lowest BCUT2D eigenvalue weighted by atomic mass is 10.0. The van der Waals surface area contributed by atoms with Gasteiger partial charge in [0.25, 0.3) is 0 Å². The van der Waals surface area contributed by atoms with E-state index in [0.717, 1.165) is 5.56 Å². The Morgan fingerprint density at radius 2 is 1.29 bits per heavy atom. The normalized spacial score (nSPS) is 17.4. The lowest BCUT2D eigenvalue weighted by Crippen LogP contribution is -2.59. The van der Waals surface area contributed by atoms with Gasteiger partial charge in [0.1, 0.15) is 36.3 Å². The molecule has 0 aliphatic carbocycles. The van der Waals surface area contributed by atoms with Crippen molar-refractivity contribution in [2.75, 3.05) is 12.0 Å². The molecule has 0 aromatic heterocycles. The smallest absolute Gasteiger partial charge is 0.249 e. The fraction of sp³-hybridized carbons (Fsp3) is 0.545. The van der Waals surface area contributed by atoms with E-state index in [0.29, 0.717) is 5.75 Å². The van der Waals surface area contributed by atoms with E-state index >= 15 is 0 Å². The standard InChI is InChI=1S/C33H49N9O9S/c1-17(36-28(46)18(2)38-30(48)21(34)16-20-8-6-5-7-9-20)27(45)37-19(3)29(47)39-24(14-15-52-4)32(50)40-22(10-12-25(35)43)31(49)41-23-11-13-26(44)42-33(23)51/h5-9,17-19,21-24H,10-16,34H2,1-4H3,(H2,35,43)(H,36,46)(H,37,45)(H,38,48)(H,39,47)(H,40,50)(H,41,49)(H,42,44,51)/t17-,18-,19-,21-,22-,23-,24-/m0/s1. The number of hydrogen-bond acceptors (Lipinski definition) is 11. The van der Waals surface area contributed by atoms with Crippen molar-refractivity contribution in [2.24, 2.45) is 11.5 Å². The monoisotopic (exact) mass is 747 g/mol. The Morgan fingerprint density at radius 1 is 0.769 bits per heavy atom. The topological polar surface area (TPSA) is 290 Å². The maximum Gasteiger partial charge on any atom is 0.249 e. The zero-order valence-corrected chi connectivity index (χ0v) is 30.4. The number of carbonyl (C=O) groups excluding carboxylic acids is 9. The van der Waals surface area contributed by atoms with Crippen molar-refractivity contribution in [3.05, 3.63) is 35.9 Å². The molecule has 1 aromatic rings. The molecule has 0 bridgehead atoms. The molecule has 9 amide bonds. The molecule has 286 valence electrons. The van der Waals surface area contributed by atoms with E-state index in [2.05, 4.69) is 37.2 Å². The summed E-state index contributed by atoms with van der Waals surface area (Å²) in [6.07, 6.45) is 1.73. The van der Waals surface area contributed by atoms with Gasteiger partial charge in [-0.05, 0) is 64.0 Å². The van der Waals surface area contributed by atoms with E-state index in [1.54, 1.807) is 6.26 Å². The van der Waals surface area contributed by atoms with E-state index in [9.17, 15) is 43.2 Å². The number of thioether (sulfide) groups is 1. The molecule has 1 aliphatic rings. The third-order valence-electron chi connectivity index (χ3n) is 8.00. The van der Waals surface area contributed by atoms with Crippen LogP contribution in [-0.2, 0) is 49.6 Å². The van der Waals surface area contributed by atoms with Crippen LogP contribution in [0.3, 0.4) is 0 Å². The molecule has 1 aliphatic heterocycles. The molecule has 19 heteroatoms. The van der Waals surface area contributed by atoms with E-state index in [1.807, 2.05) is 30.3 Å². The second-order valence-electron chi connectivity index (χ2n) is 12.4. The Bertz CT molecular complexity index is 1480. The molecule has 18 nitrogen and oxygen atoms in total. The summed E-state index contributed by atoms with van der Waals surface area (Å²) in [6.45, 7) is 4.18. The number of nitrogens with two attached hydrogens (primary N) is 2. The van der Waals surface area contributed by atoms with Gasteiger partial charge in [-0.1, -0.05) is 30.3 Å². The van der Waals surface area contributed by atoms with E-state index in [4.69, 9.17) is 11.5 Å². The third-order valence-corrected chi connectivity index (χ3v) is 8.65. The predicted molar refractivity (Wildman–Crippen MR) is 191 cm³/mol. The van der Waals surface area contributed by atoms with Crippen molar-refractivity contribution >= 4 is 64.9 Å². The molecular weight excluding hydrogens is 698 g/mol. The fourth-order valence-electron chi connectivity index (χ4n) is 4.89. The highest BCUT2D eigenvalue weighted by Gasteiger charge is 2.33. The summed E-state index contributed by atoms with van der Waals surface area (Å²) >= 11 is 1.39. The average Bonchev–Trinajstić information content (AvgIpc) is 3.09. The van der Waals surface area contributed by atoms with Gasteiger partial charge in [-0.2, -0.15) is 11.8 Å². The lowest BCUT2D eigenvalue weighted by molar-refractivity contribution is -0.138. The van der Waals surface area contributed by atoms with Crippen LogP contribution in [0.25, 0.3) is 0 Å². The van der Waals surface area contributed by atoms with Crippen molar-refractivity contribution in [1.29, 1.82) is 0 Å². The lowest BCUT2D eigenvalue weighted by Gasteiger charge is -2.27. The number of nitrogens with one attached hydrogen (secondary N) is 7. The molecule has 1 fully saturated rings. The van der Waals surface area contributed by atoms with Crippen LogP contribution in [0.2, 0.25) is 0 Å². The Labute approximate surface area is 305 Å². The molecule has 0 radical (unpaired) electrons. The summed E-state index contributed by atoms with van der Waals surface area (Å²) in [7, 11) is 0. The number of amides is 9. The van der Waals surface area contributed by atoms with E-state index in [1.165, 1.54) is 32.5 Å². The minimum absolute atomic E-state index is 0.000252. The Kier molecular flexibility index (Phi) is 17.7. The molecule has 11 N–H and O–H groups in total. The van der Waals surface area contributed by atoms with Gasteiger partial charge in [-0.25, -0.2) is 0 Å². The molecule has 52 heavy (non-hydrogen) atoms. The van der Waals surface area contributed by atoms with Crippen LogP contribution in [0, 0.1) is 0 Å². The second kappa shape index (κ2) is 21.4. The quantitative estimate of drug-likeness (QED) is 0.0605. The van der Waals surface area contributed by atoms with Gasteiger partial charge in [-0.3, -0.25) is 48.5 Å². The number of benzene rings is 1. The van der Waals surface area contributed by atoms with Crippen molar-refractivity contribution in [3.63, 3.8) is 0 Å². The zero-order valence-electron chi connectivity index (χ0n) is 29.6. The second-order valence-corrected chi connectivity index (χ2v) is 13.4. The fourth-order valence-corrected chi connectivity index (χ4v) is 5.36. The van der Waals surface area contributed by atoms with Gasteiger partial charge >= 0.3 is 0 Å². The summed E-state index contributed by atoms with van der Waals surface area (Å²) in [4.78, 5) is 113. The number of rotatable bonds is 20. The number of carbonyl (C=O) groups is 9. The van der Waals surface area contributed by atoms with Gasteiger partial charge in [0.15, 0.2) is 0 Å². The first-order valence-corrected chi connectivity index (χ1v) is 18.1. The maximum absolute atomic E-state index is 13.4. The van der Waals surface area contributed by atoms with Crippen LogP contribution in [0.4, 0.5) is 0 Å². The minimum atomic E-state index is -1.31. The van der Waals surface area contributed by atoms with Crippen LogP contribution in [0.15, 0.2) is 30.3 Å². The predicted octanol–water partition coefficient (Wildman–Crippen LogP) is -3.02. The third kappa shape index (κ3) is 14.7. The van der Waals surface area contributed by atoms with Crippen LogP contribution in [0.1, 0.15) is 58.4 Å². The number of imide groups is 1. The number of primary amides is 1. The Balaban J connectivity index is 1.96. The number of hydrogen-bond donors (Lipinski definition) is 9. The summed E-state index contributed by atoms with van der Waals surface area (Å²) < 4.78 is 0. The van der Waals surface area contributed by atoms with Gasteiger partial charge < -0.3 is 43.4 Å². The van der Waals surface area contributed by atoms with Crippen LogP contribution in [0.5, 0.6) is 0 Å². The summed E-state index contributed by atoms with van der Waals surface area (Å²) in [6, 6.07) is 1.36. The van der Waals surface area contributed by atoms with Gasteiger partial charge in [0, 0.05) is 12.8 Å². The van der Waals surface area contributed by atoms with Crippen LogP contribution < -0.4 is 48.7 Å². The molecule has 2 rings (SSSR count). The van der Waals surface area contributed by atoms with Crippen molar-refractivity contribution in [1.82, 2.24) is 37.2 Å². The van der Waals surface area contributed by atoms with Crippen molar-refractivity contribution in [2.45, 2.75) is 102 Å². The Hall–Kier alpha value is -5.04. The molecule has 0 unspecified atom stereocenters. The van der Waals surface area contributed by atoms with E-state index in [-0.39, 0.29) is 38.5 Å². The molecule has 0 spiro atoms. The van der Waals surface area contributed by atoms with Gasteiger partial charge in [0.05, 0.1) is 6.04 Å². The highest BCUT2D eigenvalue weighted by atomic mass is 32.2. The molecule has 7 atom stereocenters. The highest BCUT2D eigenvalue weighted by molar-refractivity contribution is 7.98. The minimum Gasteiger partial charge on any atom is -0.370 e. The SMILES string of the molecule is CSCC[C@H](NC(=O)[C@H](C)NC(=O)[C@H](C)NC(=O)[C@H](C)NC(=O)[C@@H](N)Cc1ccccc1)C(=O)N[C@@H](CCC(N)=O)C(=O)N[C@H]1CCC(=O)NC1=O. The molecule has 1 saturated heterocycles. The van der Waals surface area contributed by atoms with E-state index < -0.39 is 95.5 Å². The van der Waals surface area contributed by atoms with Crippen LogP contribution in [-0.4, -0.2) is 107 Å². The first-order chi connectivity index (χ1) is 24.5. The molecule has 0 saturated carbocycles. The van der Waals surface area contributed by atoms with Gasteiger partial charge in [0.2, 0.25) is 53.2 Å². The summed E-state index contributed by atoms with van der Waals surface area (Å²) in [5, 5.41) is 17.1. The molecule has 1 heterocycles. The zero-order chi connectivity index (χ0) is 39.0. The number of piperidine rings is 1. The van der Waals surface area contributed by atoms with Crippen molar-refractivity contribution < 1.29 is 43.2 Å². The van der Waals surface area contributed by atoms with Crippen LogP contribution >= 0.6 is 11.8 Å². The highest BCUT2D eigenvalue weighted by Crippen LogP contribution is 2.08. The first-order valence-electron chi connectivity index (χ1n) is 16.7. The summed E-state index contributed by atoms with van der Waals surface area (Å²) in [5.41, 5.74) is 12.1. The van der Waals surface area contributed by atoms with Gasteiger partial charge in [-0.15, -0.1) is 0 Å². The molecule has 1 aromatic carbocycles. The maximum atomic E-state index is 13.4. The first kappa shape index (κ1) is 43.1. The van der Waals surface area contributed by atoms with Crippen molar-refractivity contribution in [3.8, 4) is 0 Å². The largest absolute Gasteiger partial charge is 0.370 e. The molecular formula is C33H49N9O9S. The average molecular weight is 748 g/mol.